The van der Waals surface area contributed by atoms with E-state index in [2.05, 4.69) is 15.6 Å². The molecule has 0 bridgehead atoms. The standard InChI is InChI=1S/C8H18N4/c1-8(2,9)3-4-10-7-11-5-6-12-7/h3-6,9H2,1-2H3,(H2,10,11,12). The Hall–Kier alpha value is -0.770. The van der Waals surface area contributed by atoms with Crippen molar-refractivity contribution in [3.63, 3.8) is 0 Å². The molecular formula is C8H18N4. The maximum atomic E-state index is 5.82. The van der Waals surface area contributed by atoms with E-state index in [-0.39, 0.29) is 5.54 Å². The summed E-state index contributed by atoms with van der Waals surface area (Å²) in [5.41, 5.74) is 5.73. The van der Waals surface area contributed by atoms with Crippen molar-refractivity contribution in [2.45, 2.75) is 25.8 Å². The van der Waals surface area contributed by atoms with Crippen LogP contribution in [0.4, 0.5) is 0 Å². The molecule has 0 fully saturated rings. The van der Waals surface area contributed by atoms with E-state index < -0.39 is 0 Å². The molecule has 1 aliphatic rings. The summed E-state index contributed by atoms with van der Waals surface area (Å²) >= 11 is 0. The van der Waals surface area contributed by atoms with E-state index in [4.69, 9.17) is 5.73 Å². The number of aliphatic imine (C=N–C) groups is 1. The molecule has 4 heteroatoms. The van der Waals surface area contributed by atoms with E-state index in [9.17, 15) is 0 Å². The number of hydrogen-bond acceptors (Lipinski definition) is 4. The van der Waals surface area contributed by atoms with Gasteiger partial charge in [-0.3, -0.25) is 4.99 Å². The Morgan fingerprint density at radius 2 is 2.42 bits per heavy atom. The molecule has 1 aliphatic heterocycles. The third-order valence-electron chi connectivity index (χ3n) is 1.74. The molecule has 70 valence electrons. The van der Waals surface area contributed by atoms with Gasteiger partial charge in [-0.05, 0) is 20.3 Å². The SMILES string of the molecule is CC(C)(N)CCNC1=NCCN1. The third-order valence-corrected chi connectivity index (χ3v) is 1.74. The van der Waals surface area contributed by atoms with Gasteiger partial charge >= 0.3 is 0 Å². The van der Waals surface area contributed by atoms with E-state index >= 15 is 0 Å². The predicted octanol–water partition coefficient (Wildman–Crippen LogP) is -0.337. The Labute approximate surface area is 73.6 Å². The van der Waals surface area contributed by atoms with Gasteiger partial charge in [-0.1, -0.05) is 0 Å². The van der Waals surface area contributed by atoms with Crippen LogP contribution >= 0.6 is 0 Å². The molecule has 0 aromatic rings. The van der Waals surface area contributed by atoms with Gasteiger partial charge in [0.25, 0.3) is 0 Å². The Balaban J connectivity index is 2.10. The molecule has 0 saturated heterocycles. The Morgan fingerprint density at radius 1 is 1.67 bits per heavy atom. The average Bonchev–Trinajstić information content (AvgIpc) is 2.36. The Kier molecular flexibility index (Phi) is 2.92. The van der Waals surface area contributed by atoms with Crippen LogP contribution in [0.15, 0.2) is 4.99 Å². The lowest BCUT2D eigenvalue weighted by Gasteiger charge is -2.18. The van der Waals surface area contributed by atoms with Gasteiger partial charge in [0.1, 0.15) is 0 Å². The summed E-state index contributed by atoms with van der Waals surface area (Å²) in [5, 5.41) is 6.34. The zero-order chi connectivity index (χ0) is 9.03. The number of rotatable bonds is 3. The minimum absolute atomic E-state index is 0.0911. The zero-order valence-electron chi connectivity index (χ0n) is 7.85. The highest BCUT2D eigenvalue weighted by Gasteiger charge is 2.10. The highest BCUT2D eigenvalue weighted by atomic mass is 15.2. The highest BCUT2D eigenvalue weighted by molar-refractivity contribution is 5.81. The van der Waals surface area contributed by atoms with E-state index in [1.54, 1.807) is 0 Å². The predicted molar refractivity (Wildman–Crippen MR) is 51.2 cm³/mol. The summed E-state index contributed by atoms with van der Waals surface area (Å²) in [6, 6.07) is 0. The highest BCUT2D eigenvalue weighted by Crippen LogP contribution is 2.00. The van der Waals surface area contributed by atoms with Crippen LogP contribution < -0.4 is 16.4 Å². The fourth-order valence-corrected chi connectivity index (χ4v) is 1.02. The fourth-order valence-electron chi connectivity index (χ4n) is 1.02. The smallest absolute Gasteiger partial charge is 0.191 e. The average molecular weight is 170 g/mol. The van der Waals surface area contributed by atoms with Gasteiger partial charge in [-0.15, -0.1) is 0 Å². The van der Waals surface area contributed by atoms with Crippen molar-refractivity contribution in [3.8, 4) is 0 Å². The van der Waals surface area contributed by atoms with Gasteiger partial charge in [0.2, 0.25) is 0 Å². The first-order valence-electron chi connectivity index (χ1n) is 4.39. The molecule has 0 aliphatic carbocycles. The molecule has 1 rings (SSSR count). The maximum Gasteiger partial charge on any atom is 0.191 e. The molecule has 4 nitrogen and oxygen atoms in total. The normalized spacial score (nSPS) is 17.1. The topological polar surface area (TPSA) is 62.4 Å². The Morgan fingerprint density at radius 3 is 2.92 bits per heavy atom. The first-order chi connectivity index (χ1) is 5.58. The maximum absolute atomic E-state index is 5.82. The van der Waals surface area contributed by atoms with Crippen molar-refractivity contribution in [3.05, 3.63) is 0 Å². The number of hydrogen-bond donors (Lipinski definition) is 3. The van der Waals surface area contributed by atoms with Gasteiger partial charge < -0.3 is 16.4 Å². The summed E-state index contributed by atoms with van der Waals surface area (Å²) in [5.74, 6) is 0.916. The molecule has 0 amide bonds. The quantitative estimate of drug-likeness (QED) is 0.543. The number of nitrogens with two attached hydrogens (primary N) is 1. The van der Waals surface area contributed by atoms with E-state index in [0.29, 0.717) is 0 Å². The molecule has 0 aromatic carbocycles. The van der Waals surface area contributed by atoms with Crippen LogP contribution in [0.3, 0.4) is 0 Å². The molecule has 0 atom stereocenters. The minimum atomic E-state index is -0.0911. The second-order valence-electron chi connectivity index (χ2n) is 3.82. The lowest BCUT2D eigenvalue weighted by molar-refractivity contribution is 0.473. The molecule has 4 N–H and O–H groups in total. The molecule has 0 unspecified atom stereocenters. The summed E-state index contributed by atoms with van der Waals surface area (Å²) in [4.78, 5) is 4.21. The largest absolute Gasteiger partial charge is 0.356 e. The van der Waals surface area contributed by atoms with E-state index in [1.165, 1.54) is 0 Å². The molecule has 0 spiro atoms. The van der Waals surface area contributed by atoms with Crippen LogP contribution in [0.1, 0.15) is 20.3 Å². The van der Waals surface area contributed by atoms with E-state index in [1.807, 2.05) is 13.8 Å². The van der Waals surface area contributed by atoms with Crippen molar-refractivity contribution >= 4 is 5.96 Å². The van der Waals surface area contributed by atoms with Crippen LogP contribution in [-0.2, 0) is 0 Å². The Bertz CT molecular complexity index is 168. The summed E-state index contributed by atoms with van der Waals surface area (Å²) < 4.78 is 0. The van der Waals surface area contributed by atoms with Crippen LogP contribution in [-0.4, -0.2) is 31.1 Å². The fraction of sp³-hybridized carbons (Fsp3) is 0.875. The van der Waals surface area contributed by atoms with E-state index in [0.717, 1.165) is 32.0 Å². The first-order valence-corrected chi connectivity index (χ1v) is 4.39. The van der Waals surface area contributed by atoms with Gasteiger partial charge in [-0.25, -0.2) is 0 Å². The molecule has 12 heavy (non-hydrogen) atoms. The zero-order valence-corrected chi connectivity index (χ0v) is 7.85. The molecule has 0 radical (unpaired) electrons. The summed E-state index contributed by atoms with van der Waals surface area (Å²) in [7, 11) is 0. The van der Waals surface area contributed by atoms with Crippen LogP contribution in [0.5, 0.6) is 0 Å². The number of nitrogens with one attached hydrogen (secondary N) is 2. The van der Waals surface area contributed by atoms with Gasteiger partial charge in [0.15, 0.2) is 5.96 Å². The minimum Gasteiger partial charge on any atom is -0.356 e. The van der Waals surface area contributed by atoms with Gasteiger partial charge in [0, 0.05) is 18.6 Å². The first kappa shape index (κ1) is 9.32. The molecule has 1 heterocycles. The van der Waals surface area contributed by atoms with Gasteiger partial charge in [-0.2, -0.15) is 0 Å². The van der Waals surface area contributed by atoms with Crippen molar-refractivity contribution in [1.29, 1.82) is 0 Å². The van der Waals surface area contributed by atoms with Crippen molar-refractivity contribution in [2.75, 3.05) is 19.6 Å². The lowest BCUT2D eigenvalue weighted by atomic mass is 10.0. The monoisotopic (exact) mass is 170 g/mol. The lowest BCUT2D eigenvalue weighted by Crippen LogP contribution is -2.40. The number of guanidine groups is 1. The van der Waals surface area contributed by atoms with Crippen LogP contribution in [0.2, 0.25) is 0 Å². The summed E-state index contributed by atoms with van der Waals surface area (Å²) in [6.07, 6.45) is 0.952. The van der Waals surface area contributed by atoms with Crippen LogP contribution in [0, 0.1) is 0 Å². The molecular weight excluding hydrogens is 152 g/mol. The van der Waals surface area contributed by atoms with Crippen molar-refractivity contribution in [1.82, 2.24) is 10.6 Å². The van der Waals surface area contributed by atoms with Crippen LogP contribution in [0.25, 0.3) is 0 Å². The van der Waals surface area contributed by atoms with Crippen molar-refractivity contribution < 1.29 is 0 Å². The number of nitrogens with zero attached hydrogens (tertiary/aromatic N) is 1. The second-order valence-corrected chi connectivity index (χ2v) is 3.82. The summed E-state index contributed by atoms with van der Waals surface area (Å²) in [6.45, 7) is 6.77. The van der Waals surface area contributed by atoms with Gasteiger partial charge in [0.05, 0.1) is 6.54 Å². The second kappa shape index (κ2) is 3.76. The molecule has 0 saturated carbocycles. The molecule has 0 aromatic heterocycles. The third kappa shape index (κ3) is 3.57. The van der Waals surface area contributed by atoms with Crippen molar-refractivity contribution in [2.24, 2.45) is 10.7 Å².